The zero-order valence-electron chi connectivity index (χ0n) is 14.7. The highest BCUT2D eigenvalue weighted by molar-refractivity contribution is 8.00. The minimum absolute atomic E-state index is 0.0391. The summed E-state index contributed by atoms with van der Waals surface area (Å²) in [5, 5.41) is 10.4. The van der Waals surface area contributed by atoms with E-state index in [-0.39, 0.29) is 23.5 Å². The molecule has 1 N–H and O–H groups in total. The molecule has 0 bridgehead atoms. The summed E-state index contributed by atoms with van der Waals surface area (Å²) in [4.78, 5) is 12.8. The summed E-state index contributed by atoms with van der Waals surface area (Å²) in [6.07, 6.45) is 0.407. The Kier molecular flexibility index (Phi) is 5.43. The molecule has 9 heteroatoms. The topological polar surface area (TPSA) is 86.5 Å². The first-order valence-corrected chi connectivity index (χ1v) is 9.53. The molecule has 1 amide bonds. The van der Waals surface area contributed by atoms with Crippen molar-refractivity contribution in [3.63, 3.8) is 0 Å². The molecule has 2 heterocycles. The van der Waals surface area contributed by atoms with E-state index in [0.717, 1.165) is 10.5 Å². The zero-order chi connectivity index (χ0) is 19.3. The standard InChI is InChI=1S/C19H16FN3O4S/c20-13-2-4-14(5-3-13)28-11-17(24)21-19-23-22-18(27-19)10-12-1-6-15-16(9-12)26-8-7-25-15/h1-6,9H,7-8,10-11H2,(H,21,23,24). The Morgan fingerprint density at radius 2 is 1.86 bits per heavy atom. The maximum absolute atomic E-state index is 12.9. The van der Waals surface area contributed by atoms with E-state index in [0.29, 0.717) is 37.0 Å². The highest BCUT2D eigenvalue weighted by atomic mass is 32.2. The number of rotatable bonds is 6. The molecule has 0 fully saturated rings. The van der Waals surface area contributed by atoms with Gasteiger partial charge in [0.15, 0.2) is 11.5 Å². The van der Waals surface area contributed by atoms with Gasteiger partial charge < -0.3 is 13.9 Å². The van der Waals surface area contributed by atoms with Gasteiger partial charge in [0.05, 0.1) is 12.2 Å². The molecule has 2 aromatic carbocycles. The van der Waals surface area contributed by atoms with Crippen LogP contribution in [0, 0.1) is 5.82 Å². The third-order valence-electron chi connectivity index (χ3n) is 3.86. The molecule has 4 rings (SSSR count). The number of carbonyl (C=O) groups is 1. The summed E-state index contributed by atoms with van der Waals surface area (Å²) in [6.45, 7) is 1.06. The molecule has 7 nitrogen and oxygen atoms in total. The van der Waals surface area contributed by atoms with Crippen molar-refractivity contribution < 1.29 is 23.1 Å². The number of thioether (sulfide) groups is 1. The Labute approximate surface area is 164 Å². The van der Waals surface area contributed by atoms with Crippen LogP contribution in [-0.2, 0) is 11.2 Å². The molecule has 0 saturated carbocycles. The van der Waals surface area contributed by atoms with Crippen molar-refractivity contribution in [3.8, 4) is 11.5 Å². The van der Waals surface area contributed by atoms with Gasteiger partial charge in [0.25, 0.3) is 0 Å². The maximum Gasteiger partial charge on any atom is 0.322 e. The zero-order valence-corrected chi connectivity index (χ0v) is 15.5. The number of anilines is 1. The van der Waals surface area contributed by atoms with Gasteiger partial charge in [0.1, 0.15) is 19.0 Å². The lowest BCUT2D eigenvalue weighted by molar-refractivity contribution is -0.113. The van der Waals surface area contributed by atoms with Crippen molar-refractivity contribution in [1.29, 1.82) is 0 Å². The number of hydrogen-bond acceptors (Lipinski definition) is 7. The SMILES string of the molecule is O=C(CSc1ccc(F)cc1)Nc1nnc(Cc2ccc3c(c2)OCCO3)o1. The first-order chi connectivity index (χ1) is 13.7. The molecule has 0 atom stereocenters. The Morgan fingerprint density at radius 1 is 1.07 bits per heavy atom. The second-order valence-corrected chi connectivity index (χ2v) is 7.00. The smallest absolute Gasteiger partial charge is 0.322 e. The van der Waals surface area contributed by atoms with Gasteiger partial charge in [0, 0.05) is 4.90 Å². The number of benzene rings is 2. The van der Waals surface area contributed by atoms with Gasteiger partial charge in [-0.3, -0.25) is 10.1 Å². The van der Waals surface area contributed by atoms with Crippen LogP contribution in [0.15, 0.2) is 51.8 Å². The van der Waals surface area contributed by atoms with Crippen molar-refractivity contribution >= 4 is 23.7 Å². The van der Waals surface area contributed by atoms with Crippen molar-refractivity contribution in [2.75, 3.05) is 24.3 Å². The Hall–Kier alpha value is -3.07. The van der Waals surface area contributed by atoms with E-state index in [1.807, 2.05) is 18.2 Å². The lowest BCUT2D eigenvalue weighted by atomic mass is 10.1. The number of halogens is 1. The van der Waals surface area contributed by atoms with Crippen LogP contribution in [0.4, 0.5) is 10.4 Å². The minimum Gasteiger partial charge on any atom is -0.486 e. The molecule has 1 aliphatic heterocycles. The fourth-order valence-electron chi connectivity index (χ4n) is 2.58. The van der Waals surface area contributed by atoms with Crippen LogP contribution in [0.25, 0.3) is 0 Å². The second-order valence-electron chi connectivity index (χ2n) is 5.95. The van der Waals surface area contributed by atoms with Gasteiger partial charge in [-0.2, -0.15) is 0 Å². The van der Waals surface area contributed by atoms with Crippen LogP contribution < -0.4 is 14.8 Å². The molecule has 0 unspecified atom stereocenters. The first kappa shape index (κ1) is 18.3. The molecule has 3 aromatic rings. The maximum atomic E-state index is 12.9. The molecule has 1 aromatic heterocycles. The largest absolute Gasteiger partial charge is 0.486 e. The van der Waals surface area contributed by atoms with E-state index in [9.17, 15) is 9.18 Å². The quantitative estimate of drug-likeness (QED) is 0.634. The van der Waals surface area contributed by atoms with Gasteiger partial charge in [-0.15, -0.1) is 16.9 Å². The Balaban J connectivity index is 1.31. The summed E-state index contributed by atoms with van der Waals surface area (Å²) in [5.74, 6) is 1.32. The number of nitrogens with zero attached hydrogens (tertiary/aromatic N) is 2. The van der Waals surface area contributed by atoms with Gasteiger partial charge in [0.2, 0.25) is 11.8 Å². The summed E-state index contributed by atoms with van der Waals surface area (Å²) in [6, 6.07) is 11.6. The minimum atomic E-state index is -0.315. The number of carbonyl (C=O) groups excluding carboxylic acids is 1. The van der Waals surface area contributed by atoms with E-state index < -0.39 is 0 Å². The van der Waals surface area contributed by atoms with Crippen LogP contribution >= 0.6 is 11.8 Å². The van der Waals surface area contributed by atoms with E-state index in [1.165, 1.54) is 23.9 Å². The van der Waals surface area contributed by atoms with Crippen molar-refractivity contribution in [2.24, 2.45) is 0 Å². The summed E-state index contributed by atoms with van der Waals surface area (Å²) >= 11 is 1.28. The highest BCUT2D eigenvalue weighted by Crippen LogP contribution is 2.31. The molecular formula is C19H16FN3O4S. The summed E-state index contributed by atoms with van der Waals surface area (Å²) < 4.78 is 29.4. The molecular weight excluding hydrogens is 385 g/mol. The number of aromatic nitrogens is 2. The molecule has 28 heavy (non-hydrogen) atoms. The average molecular weight is 401 g/mol. The Morgan fingerprint density at radius 3 is 2.68 bits per heavy atom. The van der Waals surface area contributed by atoms with Crippen molar-refractivity contribution in [1.82, 2.24) is 10.2 Å². The van der Waals surface area contributed by atoms with Gasteiger partial charge in [-0.25, -0.2) is 4.39 Å². The molecule has 0 aliphatic carbocycles. The van der Waals surface area contributed by atoms with Crippen LogP contribution in [-0.4, -0.2) is 35.1 Å². The number of nitrogens with one attached hydrogen (secondary N) is 1. The molecule has 0 saturated heterocycles. The predicted octanol–water partition coefficient (Wildman–Crippen LogP) is 3.30. The molecule has 0 spiro atoms. The predicted molar refractivity (Wildman–Crippen MR) is 100 cm³/mol. The van der Waals surface area contributed by atoms with Crippen LogP contribution in [0.5, 0.6) is 11.5 Å². The molecule has 0 radical (unpaired) electrons. The third kappa shape index (κ3) is 4.61. The highest BCUT2D eigenvalue weighted by Gasteiger charge is 2.14. The number of amides is 1. The van der Waals surface area contributed by atoms with Gasteiger partial charge >= 0.3 is 6.01 Å². The van der Waals surface area contributed by atoms with E-state index in [4.69, 9.17) is 13.9 Å². The third-order valence-corrected chi connectivity index (χ3v) is 4.87. The van der Waals surface area contributed by atoms with E-state index in [1.54, 1.807) is 12.1 Å². The Bertz CT molecular complexity index is 978. The number of hydrogen-bond donors (Lipinski definition) is 1. The summed E-state index contributed by atoms with van der Waals surface area (Å²) in [5.41, 5.74) is 0.928. The van der Waals surface area contributed by atoms with Crippen LogP contribution in [0.1, 0.15) is 11.5 Å². The van der Waals surface area contributed by atoms with Crippen molar-refractivity contribution in [3.05, 3.63) is 59.7 Å². The number of fused-ring (bicyclic) bond motifs is 1. The monoisotopic (exact) mass is 401 g/mol. The lowest BCUT2D eigenvalue weighted by Gasteiger charge is -2.18. The van der Waals surface area contributed by atoms with E-state index >= 15 is 0 Å². The second kappa shape index (κ2) is 8.30. The average Bonchev–Trinajstić information content (AvgIpc) is 3.14. The lowest BCUT2D eigenvalue weighted by Crippen LogP contribution is -2.15. The van der Waals surface area contributed by atoms with Crippen LogP contribution in [0.3, 0.4) is 0 Å². The van der Waals surface area contributed by atoms with Gasteiger partial charge in [-0.05, 0) is 42.0 Å². The molecule has 1 aliphatic rings. The fourth-order valence-corrected chi connectivity index (χ4v) is 3.28. The fraction of sp³-hybridized carbons (Fsp3) is 0.211. The van der Waals surface area contributed by atoms with E-state index in [2.05, 4.69) is 15.5 Å². The van der Waals surface area contributed by atoms with Crippen LogP contribution in [0.2, 0.25) is 0 Å². The number of ether oxygens (including phenoxy) is 2. The van der Waals surface area contributed by atoms with Crippen molar-refractivity contribution in [2.45, 2.75) is 11.3 Å². The first-order valence-electron chi connectivity index (χ1n) is 8.55. The normalized spacial score (nSPS) is 12.6. The van der Waals surface area contributed by atoms with Gasteiger partial charge in [-0.1, -0.05) is 11.2 Å². The molecule has 144 valence electrons. The summed E-state index contributed by atoms with van der Waals surface area (Å²) in [7, 11) is 0.